The van der Waals surface area contributed by atoms with Crippen LogP contribution in [0.5, 0.6) is 11.5 Å². The molecule has 2 N–H and O–H groups in total. The molecule has 0 saturated carbocycles. The van der Waals surface area contributed by atoms with Gasteiger partial charge in [0.2, 0.25) is 0 Å². The molecule has 2 aromatic carbocycles. The van der Waals surface area contributed by atoms with Gasteiger partial charge in [-0.15, -0.1) is 0 Å². The Morgan fingerprint density at radius 3 is 2.30 bits per heavy atom. The number of methoxy groups -OCH3 is 2. The molecule has 0 atom stereocenters. The number of para-hydroxylation sites is 1. The Morgan fingerprint density at radius 2 is 1.65 bits per heavy atom. The average molecular weight is 315 g/mol. The van der Waals surface area contributed by atoms with Crippen molar-refractivity contribution in [3.05, 3.63) is 59.2 Å². The van der Waals surface area contributed by atoms with Gasteiger partial charge in [-0.05, 0) is 29.8 Å². The van der Waals surface area contributed by atoms with Gasteiger partial charge in [-0.3, -0.25) is 4.79 Å². The monoisotopic (exact) mass is 315 g/mol. The number of aromatic carboxylic acids is 1. The lowest BCUT2D eigenvalue weighted by Gasteiger charge is -2.10. The van der Waals surface area contributed by atoms with Crippen molar-refractivity contribution >= 4 is 11.9 Å². The number of benzene rings is 2. The second-order valence-electron chi connectivity index (χ2n) is 4.72. The number of hydrogen-bond donors (Lipinski definition) is 2. The molecule has 6 heteroatoms. The van der Waals surface area contributed by atoms with E-state index in [1.54, 1.807) is 36.4 Å². The van der Waals surface area contributed by atoms with Crippen molar-refractivity contribution in [1.82, 2.24) is 5.32 Å². The second-order valence-corrected chi connectivity index (χ2v) is 4.72. The van der Waals surface area contributed by atoms with Gasteiger partial charge in [0.05, 0.1) is 19.8 Å². The predicted octanol–water partition coefficient (Wildman–Crippen LogP) is 2.33. The summed E-state index contributed by atoms with van der Waals surface area (Å²) in [5.74, 6) is -0.627. The van der Waals surface area contributed by atoms with Gasteiger partial charge in [-0.1, -0.05) is 18.2 Å². The fourth-order valence-electron chi connectivity index (χ4n) is 2.14. The smallest absolute Gasteiger partial charge is 0.339 e. The van der Waals surface area contributed by atoms with E-state index in [-0.39, 0.29) is 23.8 Å². The van der Waals surface area contributed by atoms with Crippen molar-refractivity contribution in [2.75, 3.05) is 14.2 Å². The molecule has 0 aromatic heterocycles. The van der Waals surface area contributed by atoms with E-state index in [1.165, 1.54) is 20.3 Å². The Kier molecular flexibility index (Phi) is 5.19. The van der Waals surface area contributed by atoms with Crippen LogP contribution < -0.4 is 14.8 Å². The summed E-state index contributed by atoms with van der Waals surface area (Å²) in [5.41, 5.74) is 1.13. The van der Waals surface area contributed by atoms with Crippen molar-refractivity contribution in [2.45, 2.75) is 6.54 Å². The summed E-state index contributed by atoms with van der Waals surface area (Å²) in [4.78, 5) is 23.4. The van der Waals surface area contributed by atoms with Gasteiger partial charge in [-0.25, -0.2) is 4.79 Å². The molecule has 0 spiro atoms. The predicted molar refractivity (Wildman–Crippen MR) is 84.1 cm³/mol. The van der Waals surface area contributed by atoms with Gasteiger partial charge in [0.25, 0.3) is 5.91 Å². The molecule has 0 fully saturated rings. The van der Waals surface area contributed by atoms with Crippen LogP contribution in [0.1, 0.15) is 26.3 Å². The van der Waals surface area contributed by atoms with E-state index >= 15 is 0 Å². The number of nitrogens with one attached hydrogen (secondary N) is 1. The largest absolute Gasteiger partial charge is 0.496 e. The molecule has 0 aliphatic carbocycles. The molecule has 0 saturated heterocycles. The first-order valence-electron chi connectivity index (χ1n) is 6.88. The molecule has 23 heavy (non-hydrogen) atoms. The van der Waals surface area contributed by atoms with Crippen molar-refractivity contribution < 1.29 is 24.2 Å². The van der Waals surface area contributed by atoms with Crippen molar-refractivity contribution in [3.63, 3.8) is 0 Å². The molecule has 2 rings (SSSR count). The number of hydrogen-bond acceptors (Lipinski definition) is 4. The fraction of sp³-hybridized carbons (Fsp3) is 0.176. The van der Waals surface area contributed by atoms with Gasteiger partial charge < -0.3 is 19.9 Å². The summed E-state index contributed by atoms with van der Waals surface area (Å²) in [6.07, 6.45) is 0. The third-order valence-electron chi connectivity index (χ3n) is 3.30. The summed E-state index contributed by atoms with van der Waals surface area (Å²) >= 11 is 0. The van der Waals surface area contributed by atoms with Crippen LogP contribution in [0.2, 0.25) is 0 Å². The molecule has 0 bridgehead atoms. The Labute approximate surface area is 133 Å². The van der Waals surface area contributed by atoms with Crippen molar-refractivity contribution in [2.24, 2.45) is 0 Å². The average Bonchev–Trinajstić information content (AvgIpc) is 2.59. The third-order valence-corrected chi connectivity index (χ3v) is 3.30. The number of ether oxygens (including phenoxy) is 2. The first-order chi connectivity index (χ1) is 11.1. The highest BCUT2D eigenvalue weighted by Crippen LogP contribution is 2.20. The molecule has 0 aliphatic heterocycles. The van der Waals surface area contributed by atoms with Gasteiger partial charge in [0, 0.05) is 6.54 Å². The van der Waals surface area contributed by atoms with Gasteiger partial charge in [0.1, 0.15) is 17.1 Å². The lowest BCUT2D eigenvalue weighted by atomic mass is 10.1. The van der Waals surface area contributed by atoms with E-state index in [9.17, 15) is 9.59 Å². The fourth-order valence-corrected chi connectivity index (χ4v) is 2.14. The van der Waals surface area contributed by atoms with E-state index < -0.39 is 5.97 Å². The van der Waals surface area contributed by atoms with E-state index in [4.69, 9.17) is 14.6 Å². The number of carbonyl (C=O) groups is 2. The molecule has 6 nitrogen and oxygen atoms in total. The van der Waals surface area contributed by atoms with E-state index in [1.807, 2.05) is 0 Å². The Hall–Kier alpha value is -3.02. The molecule has 0 radical (unpaired) electrons. The number of carboxylic acids is 1. The second kappa shape index (κ2) is 7.31. The Morgan fingerprint density at radius 1 is 1.00 bits per heavy atom. The first-order valence-corrected chi connectivity index (χ1v) is 6.88. The van der Waals surface area contributed by atoms with Crippen LogP contribution in [-0.4, -0.2) is 31.2 Å². The van der Waals surface area contributed by atoms with Crippen LogP contribution in [0.4, 0.5) is 0 Å². The summed E-state index contributed by atoms with van der Waals surface area (Å²) in [6, 6.07) is 11.6. The molecule has 2 aromatic rings. The summed E-state index contributed by atoms with van der Waals surface area (Å²) in [5, 5.41) is 11.9. The van der Waals surface area contributed by atoms with E-state index in [2.05, 4.69) is 5.32 Å². The van der Waals surface area contributed by atoms with Crippen LogP contribution >= 0.6 is 0 Å². The Bertz CT molecular complexity index is 727. The summed E-state index contributed by atoms with van der Waals surface area (Å²) < 4.78 is 10.1. The molecule has 0 unspecified atom stereocenters. The maximum Gasteiger partial charge on any atom is 0.339 e. The number of carboxylic acid groups (broad SMARTS) is 1. The highest BCUT2D eigenvalue weighted by Gasteiger charge is 2.14. The third kappa shape index (κ3) is 3.79. The highest BCUT2D eigenvalue weighted by molar-refractivity contribution is 5.97. The maximum atomic E-state index is 12.2. The van der Waals surface area contributed by atoms with Gasteiger partial charge >= 0.3 is 5.97 Å². The van der Waals surface area contributed by atoms with Crippen LogP contribution in [0.15, 0.2) is 42.5 Å². The minimum absolute atomic E-state index is 0.0524. The maximum absolute atomic E-state index is 12.2. The minimum Gasteiger partial charge on any atom is -0.496 e. The molecule has 120 valence electrons. The number of amides is 1. The lowest BCUT2D eigenvalue weighted by molar-refractivity contribution is 0.0693. The highest BCUT2D eigenvalue weighted by atomic mass is 16.5. The van der Waals surface area contributed by atoms with Crippen molar-refractivity contribution in [1.29, 1.82) is 0 Å². The zero-order valence-corrected chi connectivity index (χ0v) is 12.8. The zero-order chi connectivity index (χ0) is 16.8. The topological polar surface area (TPSA) is 84.9 Å². The van der Waals surface area contributed by atoms with Crippen LogP contribution in [-0.2, 0) is 6.54 Å². The molecular formula is C17H17NO5. The quantitative estimate of drug-likeness (QED) is 0.854. The van der Waals surface area contributed by atoms with E-state index in [0.29, 0.717) is 16.9 Å². The lowest BCUT2D eigenvalue weighted by Crippen LogP contribution is -2.23. The first kappa shape index (κ1) is 16.4. The molecule has 1 amide bonds. The summed E-state index contributed by atoms with van der Waals surface area (Å²) in [6.45, 7) is 0.196. The summed E-state index contributed by atoms with van der Waals surface area (Å²) in [7, 11) is 2.90. The van der Waals surface area contributed by atoms with Crippen LogP contribution in [0, 0.1) is 0 Å². The standard InChI is InChI=1S/C17H17NO5/c1-22-14-6-4-3-5-12(14)16(19)18-10-11-7-8-15(23-2)13(9-11)17(20)21/h3-9H,10H2,1-2H3,(H,18,19)(H,20,21). The SMILES string of the molecule is COc1ccc(CNC(=O)c2ccccc2OC)cc1C(=O)O. The molecular weight excluding hydrogens is 298 g/mol. The number of carbonyl (C=O) groups excluding carboxylic acids is 1. The normalized spacial score (nSPS) is 10.0. The van der Waals surface area contributed by atoms with E-state index in [0.717, 1.165) is 0 Å². The Balaban J connectivity index is 2.13. The van der Waals surface area contributed by atoms with Crippen LogP contribution in [0.25, 0.3) is 0 Å². The van der Waals surface area contributed by atoms with Crippen molar-refractivity contribution in [3.8, 4) is 11.5 Å². The van der Waals surface area contributed by atoms with Gasteiger partial charge in [-0.2, -0.15) is 0 Å². The number of rotatable bonds is 6. The molecule has 0 aliphatic rings. The van der Waals surface area contributed by atoms with Gasteiger partial charge in [0.15, 0.2) is 0 Å². The van der Waals surface area contributed by atoms with Crippen LogP contribution in [0.3, 0.4) is 0 Å². The minimum atomic E-state index is -1.08. The molecule has 0 heterocycles. The zero-order valence-electron chi connectivity index (χ0n) is 12.8.